The molecule has 0 aromatic carbocycles. The van der Waals surface area contributed by atoms with Crippen LogP contribution in [0, 0.1) is 0 Å². The first kappa shape index (κ1) is 19.8. The summed E-state index contributed by atoms with van der Waals surface area (Å²) in [6, 6.07) is 9.80. The van der Waals surface area contributed by atoms with Crippen LogP contribution in [0.15, 0.2) is 36.5 Å². The summed E-state index contributed by atoms with van der Waals surface area (Å²) >= 11 is 1.40. The van der Waals surface area contributed by atoms with E-state index in [1.807, 2.05) is 35.2 Å². The standard InChI is InChI=1S/C22H28N4O2S/c1-22(2,3)24-20-19(23-17-7-5-6-12-26(17)20)15-10-13-25(14-11-15)21(27)16-8-9-18(28-4)29-16/h5-9,12,15,24H,10-11,13-14H2,1-4H3. The van der Waals surface area contributed by atoms with Crippen LogP contribution in [0.4, 0.5) is 5.82 Å². The van der Waals surface area contributed by atoms with E-state index in [4.69, 9.17) is 9.72 Å². The number of carbonyl (C=O) groups is 1. The number of rotatable bonds is 4. The quantitative estimate of drug-likeness (QED) is 0.678. The zero-order valence-corrected chi connectivity index (χ0v) is 18.3. The molecule has 6 nitrogen and oxygen atoms in total. The number of amides is 1. The molecule has 3 aromatic heterocycles. The van der Waals surface area contributed by atoms with E-state index in [9.17, 15) is 4.79 Å². The highest BCUT2D eigenvalue weighted by Crippen LogP contribution is 2.35. The summed E-state index contributed by atoms with van der Waals surface area (Å²) < 4.78 is 7.35. The Morgan fingerprint density at radius 2 is 1.97 bits per heavy atom. The Kier molecular flexibility index (Phi) is 5.25. The number of fused-ring (bicyclic) bond motifs is 1. The highest BCUT2D eigenvalue weighted by Gasteiger charge is 2.30. The van der Waals surface area contributed by atoms with Crippen LogP contribution in [0.3, 0.4) is 0 Å². The first-order valence-electron chi connectivity index (χ1n) is 10.0. The van der Waals surface area contributed by atoms with Gasteiger partial charge in [-0.1, -0.05) is 17.4 Å². The molecule has 4 rings (SSSR count). The molecule has 1 fully saturated rings. The third-order valence-corrected chi connectivity index (χ3v) is 6.25. The highest BCUT2D eigenvalue weighted by molar-refractivity contribution is 7.15. The maximum Gasteiger partial charge on any atom is 0.264 e. The number of thiophene rings is 1. The summed E-state index contributed by atoms with van der Waals surface area (Å²) in [6.07, 6.45) is 3.89. The van der Waals surface area contributed by atoms with Crippen LogP contribution in [0.5, 0.6) is 5.06 Å². The van der Waals surface area contributed by atoms with E-state index in [-0.39, 0.29) is 11.4 Å². The molecule has 0 aliphatic carbocycles. The molecule has 0 spiro atoms. The smallest absolute Gasteiger partial charge is 0.264 e. The van der Waals surface area contributed by atoms with Crippen LogP contribution in [-0.2, 0) is 0 Å². The van der Waals surface area contributed by atoms with Crippen molar-refractivity contribution in [2.45, 2.75) is 45.1 Å². The molecule has 0 atom stereocenters. The van der Waals surface area contributed by atoms with Crippen molar-refractivity contribution in [1.82, 2.24) is 14.3 Å². The predicted molar refractivity (Wildman–Crippen MR) is 117 cm³/mol. The van der Waals surface area contributed by atoms with Gasteiger partial charge in [0.05, 0.1) is 17.7 Å². The van der Waals surface area contributed by atoms with E-state index in [1.54, 1.807) is 7.11 Å². The molecule has 7 heteroatoms. The Labute approximate surface area is 175 Å². The van der Waals surface area contributed by atoms with Crippen molar-refractivity contribution < 1.29 is 9.53 Å². The van der Waals surface area contributed by atoms with Gasteiger partial charge in [0.25, 0.3) is 5.91 Å². The normalized spacial score (nSPS) is 15.7. The number of pyridine rings is 1. The summed E-state index contributed by atoms with van der Waals surface area (Å²) in [5.74, 6) is 1.50. The fourth-order valence-electron chi connectivity index (χ4n) is 3.83. The lowest BCUT2D eigenvalue weighted by molar-refractivity contribution is 0.0717. The molecule has 3 aromatic rings. The molecule has 1 aliphatic heterocycles. The zero-order chi connectivity index (χ0) is 20.6. The van der Waals surface area contributed by atoms with E-state index in [0.717, 1.165) is 53.0 Å². The summed E-state index contributed by atoms with van der Waals surface area (Å²) in [5.41, 5.74) is 2.00. The van der Waals surface area contributed by atoms with Gasteiger partial charge in [-0.3, -0.25) is 9.20 Å². The number of nitrogens with one attached hydrogen (secondary N) is 1. The number of ether oxygens (including phenoxy) is 1. The predicted octanol–water partition coefficient (Wildman–Crippen LogP) is 4.63. The van der Waals surface area contributed by atoms with Crippen molar-refractivity contribution in [2.24, 2.45) is 0 Å². The number of hydrogen-bond donors (Lipinski definition) is 1. The molecule has 1 saturated heterocycles. The minimum atomic E-state index is -0.0601. The number of nitrogens with zero attached hydrogens (tertiary/aromatic N) is 3. The molecule has 1 N–H and O–H groups in total. The van der Waals surface area contributed by atoms with Gasteiger partial charge in [0, 0.05) is 30.7 Å². The van der Waals surface area contributed by atoms with Gasteiger partial charge in [-0.15, -0.1) is 0 Å². The minimum absolute atomic E-state index is 0.0601. The maximum absolute atomic E-state index is 12.8. The Bertz CT molecular complexity index is 1010. The first-order valence-corrected chi connectivity index (χ1v) is 10.9. The monoisotopic (exact) mass is 412 g/mol. The Morgan fingerprint density at radius 3 is 2.62 bits per heavy atom. The second kappa shape index (κ2) is 7.71. The number of piperidine rings is 1. The SMILES string of the molecule is COc1ccc(C(=O)N2CCC(c3nc4ccccn4c3NC(C)(C)C)CC2)s1. The lowest BCUT2D eigenvalue weighted by atomic mass is 9.93. The second-order valence-electron chi connectivity index (χ2n) is 8.54. The molecule has 0 saturated carbocycles. The van der Waals surface area contributed by atoms with Crippen molar-refractivity contribution in [3.05, 3.63) is 47.1 Å². The van der Waals surface area contributed by atoms with Gasteiger partial charge in [-0.05, 0) is 57.9 Å². The van der Waals surface area contributed by atoms with Gasteiger partial charge in [-0.25, -0.2) is 4.98 Å². The van der Waals surface area contributed by atoms with Crippen LogP contribution in [0.2, 0.25) is 0 Å². The maximum atomic E-state index is 12.8. The topological polar surface area (TPSA) is 58.9 Å². The lowest BCUT2D eigenvalue weighted by Crippen LogP contribution is -2.38. The van der Waals surface area contributed by atoms with Crippen molar-refractivity contribution in [2.75, 3.05) is 25.5 Å². The van der Waals surface area contributed by atoms with Crippen LogP contribution in [0.1, 0.15) is 54.9 Å². The van der Waals surface area contributed by atoms with Gasteiger partial charge in [0.1, 0.15) is 11.5 Å². The van der Waals surface area contributed by atoms with Crippen LogP contribution in [-0.4, -0.2) is 45.9 Å². The highest BCUT2D eigenvalue weighted by atomic mass is 32.1. The van der Waals surface area contributed by atoms with Crippen LogP contribution in [0.25, 0.3) is 5.65 Å². The van der Waals surface area contributed by atoms with Crippen LogP contribution >= 0.6 is 11.3 Å². The fraction of sp³-hybridized carbons (Fsp3) is 0.455. The number of anilines is 1. The Morgan fingerprint density at radius 1 is 1.21 bits per heavy atom. The number of hydrogen-bond acceptors (Lipinski definition) is 5. The largest absolute Gasteiger partial charge is 0.487 e. The van der Waals surface area contributed by atoms with E-state index >= 15 is 0 Å². The second-order valence-corrected chi connectivity index (χ2v) is 9.59. The Hall–Kier alpha value is -2.54. The first-order chi connectivity index (χ1) is 13.9. The summed E-state index contributed by atoms with van der Waals surface area (Å²) in [4.78, 5) is 20.5. The minimum Gasteiger partial charge on any atom is -0.487 e. The number of methoxy groups -OCH3 is 1. The van der Waals surface area contributed by atoms with E-state index in [2.05, 4.69) is 36.7 Å². The average molecular weight is 413 g/mol. The van der Waals surface area contributed by atoms with E-state index in [1.165, 1.54) is 11.3 Å². The third kappa shape index (κ3) is 4.10. The molecular weight excluding hydrogens is 384 g/mol. The van der Waals surface area contributed by atoms with Gasteiger partial charge < -0.3 is 15.0 Å². The van der Waals surface area contributed by atoms with Gasteiger partial charge >= 0.3 is 0 Å². The van der Waals surface area contributed by atoms with Crippen molar-refractivity contribution in [3.63, 3.8) is 0 Å². The average Bonchev–Trinajstić information content (AvgIpc) is 3.32. The van der Waals surface area contributed by atoms with Crippen molar-refractivity contribution in [1.29, 1.82) is 0 Å². The molecule has 0 unspecified atom stereocenters. The van der Waals surface area contributed by atoms with Gasteiger partial charge in [0.15, 0.2) is 5.06 Å². The van der Waals surface area contributed by atoms with Gasteiger partial charge in [-0.2, -0.15) is 0 Å². The molecule has 0 bridgehead atoms. The number of likely N-dealkylation sites (tertiary alicyclic amines) is 1. The van der Waals surface area contributed by atoms with Crippen molar-refractivity contribution >= 4 is 28.7 Å². The molecular formula is C22H28N4O2S. The number of imidazole rings is 1. The van der Waals surface area contributed by atoms with E-state index in [0.29, 0.717) is 5.92 Å². The van der Waals surface area contributed by atoms with Gasteiger partial charge in [0.2, 0.25) is 0 Å². The van der Waals surface area contributed by atoms with E-state index < -0.39 is 0 Å². The molecule has 1 amide bonds. The zero-order valence-electron chi connectivity index (χ0n) is 17.4. The Balaban J connectivity index is 1.53. The summed E-state index contributed by atoms with van der Waals surface area (Å²) in [6.45, 7) is 7.97. The summed E-state index contributed by atoms with van der Waals surface area (Å²) in [7, 11) is 1.63. The third-order valence-electron chi connectivity index (χ3n) is 5.21. The van der Waals surface area contributed by atoms with Crippen molar-refractivity contribution in [3.8, 4) is 5.06 Å². The number of carbonyl (C=O) groups excluding carboxylic acids is 1. The number of aromatic nitrogens is 2. The summed E-state index contributed by atoms with van der Waals surface area (Å²) in [5, 5.41) is 4.42. The molecule has 4 heterocycles. The molecule has 29 heavy (non-hydrogen) atoms. The van der Waals surface area contributed by atoms with Crippen LogP contribution < -0.4 is 10.1 Å². The lowest BCUT2D eigenvalue weighted by Gasteiger charge is -2.32. The molecule has 1 aliphatic rings. The fourth-order valence-corrected chi connectivity index (χ4v) is 4.62. The molecule has 0 radical (unpaired) electrons. The molecule has 154 valence electrons.